The van der Waals surface area contributed by atoms with E-state index >= 15 is 0 Å². The van der Waals surface area contributed by atoms with Gasteiger partial charge in [0.2, 0.25) is 0 Å². The lowest BCUT2D eigenvalue weighted by molar-refractivity contribution is -0.140. The van der Waals surface area contributed by atoms with Crippen molar-refractivity contribution in [1.29, 1.82) is 0 Å². The van der Waals surface area contributed by atoms with Crippen LogP contribution in [-0.2, 0) is 9.59 Å². The lowest BCUT2D eigenvalue weighted by atomic mass is 9.85. The molecule has 0 aliphatic rings. The summed E-state index contributed by atoms with van der Waals surface area (Å²) in [4.78, 5) is 36.3. The maximum atomic E-state index is 12.7. The number of hydrogen-bond donors (Lipinski definition) is 4. The van der Waals surface area contributed by atoms with Crippen LogP contribution in [0.15, 0.2) is 57.7 Å². The molecule has 1 heterocycles. The van der Waals surface area contributed by atoms with Crippen LogP contribution >= 0.6 is 0 Å². The summed E-state index contributed by atoms with van der Waals surface area (Å²) in [6.07, 6.45) is 0. The van der Waals surface area contributed by atoms with Gasteiger partial charge in [-0.15, -0.1) is 0 Å². The first-order valence-electron chi connectivity index (χ1n) is 8.90. The number of nitrogens with two attached hydrogens (primary N) is 2. The molecule has 1 aromatic heterocycles. The highest BCUT2D eigenvalue weighted by Crippen LogP contribution is 2.34. The zero-order valence-electron chi connectivity index (χ0n) is 15.4. The van der Waals surface area contributed by atoms with Crippen molar-refractivity contribution in [2.24, 2.45) is 11.5 Å². The summed E-state index contributed by atoms with van der Waals surface area (Å²) < 4.78 is 5.96. The van der Waals surface area contributed by atoms with Crippen molar-refractivity contribution in [2.45, 2.75) is 11.8 Å². The molecule has 0 saturated heterocycles. The monoisotopic (exact) mass is 396 g/mol. The third kappa shape index (κ3) is 3.75. The van der Waals surface area contributed by atoms with Crippen molar-refractivity contribution in [3.63, 3.8) is 0 Å². The molecule has 0 bridgehead atoms. The molecule has 0 aliphatic heterocycles. The van der Waals surface area contributed by atoms with Crippen LogP contribution in [0.4, 0.5) is 0 Å². The first-order valence-corrected chi connectivity index (χ1v) is 8.90. The largest absolute Gasteiger partial charge is 0.481 e. The summed E-state index contributed by atoms with van der Waals surface area (Å²) in [6.45, 7) is -0.564. The average molecular weight is 396 g/mol. The van der Waals surface area contributed by atoms with Gasteiger partial charge in [-0.05, 0) is 11.6 Å². The van der Waals surface area contributed by atoms with Crippen LogP contribution < -0.4 is 16.9 Å². The molecule has 0 spiro atoms. The topological polar surface area (TPSA) is 157 Å². The van der Waals surface area contributed by atoms with E-state index in [2.05, 4.69) is 0 Å². The highest BCUT2D eigenvalue weighted by molar-refractivity contribution is 5.91. The predicted octanol–water partition coefficient (Wildman–Crippen LogP) is 1.71. The highest BCUT2D eigenvalue weighted by atomic mass is 16.4. The summed E-state index contributed by atoms with van der Waals surface area (Å²) in [5.74, 6) is -4.67. The second-order valence-corrected chi connectivity index (χ2v) is 6.54. The Morgan fingerprint density at radius 2 is 1.55 bits per heavy atom. The highest BCUT2D eigenvalue weighted by Gasteiger charge is 2.31. The Kier molecular flexibility index (Phi) is 5.76. The number of carboxylic acid groups (broad SMARTS) is 2. The first kappa shape index (κ1) is 20.2. The maximum Gasteiger partial charge on any atom is 0.312 e. The molecule has 3 rings (SSSR count). The van der Waals surface area contributed by atoms with E-state index in [1.807, 2.05) is 0 Å². The summed E-state index contributed by atoms with van der Waals surface area (Å²) in [5, 5.41) is 19.4. The van der Waals surface area contributed by atoms with Crippen molar-refractivity contribution in [2.75, 3.05) is 13.1 Å². The normalized spacial score (nSPS) is 13.2. The van der Waals surface area contributed by atoms with E-state index < -0.39 is 23.8 Å². The fourth-order valence-corrected chi connectivity index (χ4v) is 3.37. The number of fused-ring (bicyclic) bond motifs is 1. The third-order valence-corrected chi connectivity index (χ3v) is 4.82. The number of aliphatic carboxylic acids is 2. The van der Waals surface area contributed by atoms with Gasteiger partial charge >= 0.3 is 11.9 Å². The lowest BCUT2D eigenvalue weighted by Gasteiger charge is -2.21. The molecule has 0 saturated carbocycles. The minimum Gasteiger partial charge on any atom is -0.481 e. The molecule has 8 heteroatoms. The predicted molar refractivity (Wildman–Crippen MR) is 107 cm³/mol. The van der Waals surface area contributed by atoms with Gasteiger partial charge in [-0.2, -0.15) is 0 Å². The van der Waals surface area contributed by atoms with E-state index in [1.165, 1.54) is 18.2 Å². The van der Waals surface area contributed by atoms with Crippen LogP contribution in [0.5, 0.6) is 0 Å². The van der Waals surface area contributed by atoms with E-state index in [0.29, 0.717) is 5.56 Å². The van der Waals surface area contributed by atoms with Crippen molar-refractivity contribution in [3.05, 3.63) is 69.9 Å². The van der Waals surface area contributed by atoms with Gasteiger partial charge < -0.3 is 26.1 Å². The molecular weight excluding hydrogens is 376 g/mol. The van der Waals surface area contributed by atoms with E-state index in [0.717, 1.165) is 0 Å². The molecule has 29 heavy (non-hydrogen) atoms. The second-order valence-electron chi connectivity index (χ2n) is 6.54. The van der Waals surface area contributed by atoms with E-state index in [1.54, 1.807) is 30.3 Å². The zero-order chi connectivity index (χ0) is 21.1. The fourth-order valence-electron chi connectivity index (χ4n) is 3.37. The van der Waals surface area contributed by atoms with Crippen LogP contribution in [-0.4, -0.2) is 35.2 Å². The van der Waals surface area contributed by atoms with Gasteiger partial charge in [0.1, 0.15) is 11.3 Å². The Morgan fingerprint density at radius 1 is 0.931 bits per heavy atom. The van der Waals surface area contributed by atoms with Gasteiger partial charge in [-0.25, -0.2) is 0 Å². The second kappa shape index (κ2) is 8.26. The first-order chi connectivity index (χ1) is 13.9. The van der Waals surface area contributed by atoms with Crippen LogP contribution in [0.2, 0.25) is 0 Å². The van der Waals surface area contributed by atoms with Crippen molar-refractivity contribution in [1.82, 2.24) is 0 Å². The molecule has 0 aliphatic carbocycles. The Labute approximate surface area is 165 Å². The minimum atomic E-state index is -1.27. The van der Waals surface area contributed by atoms with Crippen LogP contribution in [0, 0.1) is 0 Å². The van der Waals surface area contributed by atoms with Crippen molar-refractivity contribution >= 4 is 22.9 Å². The van der Waals surface area contributed by atoms with E-state index in [-0.39, 0.29) is 46.4 Å². The molecule has 2 aromatic carbocycles. The molecule has 0 radical (unpaired) electrons. The number of rotatable bonds is 7. The third-order valence-electron chi connectivity index (χ3n) is 4.82. The molecule has 150 valence electrons. The molecule has 6 N–H and O–H groups in total. The Hall–Kier alpha value is -3.49. The van der Waals surface area contributed by atoms with Crippen LogP contribution in [0.1, 0.15) is 23.0 Å². The summed E-state index contributed by atoms with van der Waals surface area (Å²) >= 11 is 0. The summed E-state index contributed by atoms with van der Waals surface area (Å²) in [6, 6.07) is 13.0. The van der Waals surface area contributed by atoms with Crippen LogP contribution in [0.25, 0.3) is 22.3 Å². The van der Waals surface area contributed by atoms with Crippen LogP contribution in [0.3, 0.4) is 0 Å². The summed E-state index contributed by atoms with van der Waals surface area (Å²) in [7, 11) is 0. The van der Waals surface area contributed by atoms with Gasteiger partial charge in [-0.1, -0.05) is 36.4 Å². The Bertz CT molecular complexity index is 1120. The molecule has 0 amide bonds. The number of benzene rings is 2. The molecule has 0 fully saturated rings. The van der Waals surface area contributed by atoms with Gasteiger partial charge in [0.15, 0.2) is 5.43 Å². The van der Waals surface area contributed by atoms with Crippen molar-refractivity contribution in [3.8, 4) is 11.3 Å². The summed E-state index contributed by atoms with van der Waals surface area (Å²) in [5.41, 5.74) is 11.8. The zero-order valence-corrected chi connectivity index (χ0v) is 15.4. The van der Waals surface area contributed by atoms with E-state index in [9.17, 15) is 24.6 Å². The maximum absolute atomic E-state index is 12.7. The van der Waals surface area contributed by atoms with Gasteiger partial charge in [0.25, 0.3) is 0 Å². The van der Waals surface area contributed by atoms with Gasteiger partial charge in [0.05, 0.1) is 17.2 Å². The van der Waals surface area contributed by atoms with Gasteiger partial charge in [0, 0.05) is 30.3 Å². The van der Waals surface area contributed by atoms with E-state index in [4.69, 9.17) is 15.9 Å². The van der Waals surface area contributed by atoms with Gasteiger partial charge in [-0.3, -0.25) is 14.4 Å². The molecule has 2 atom stereocenters. The average Bonchev–Trinajstić information content (AvgIpc) is 2.70. The number of hydrogen-bond acceptors (Lipinski definition) is 6. The standard InChI is InChI=1S/C21H20N2O6/c22-9-14(20(25)26)12-6-7-13-16(24)8-17(11-4-2-1-3-5-11)29-19(13)18(12)15(10-23)21(27)28/h1-8,14-15H,9-10,22-23H2,(H,25,26)(H,27,28). The molecule has 2 unspecified atom stereocenters. The molecular formula is C21H20N2O6. The molecule has 3 aromatic rings. The molecule has 8 nitrogen and oxygen atoms in total. The Balaban J connectivity index is 2.43. The SMILES string of the molecule is NCC(C(=O)O)c1ccc2c(=O)cc(-c3ccccc3)oc2c1C(CN)C(=O)O. The smallest absolute Gasteiger partial charge is 0.312 e. The minimum absolute atomic E-state index is 0.00593. The van der Waals surface area contributed by atoms with Crippen molar-refractivity contribution < 1.29 is 24.2 Å². The fraction of sp³-hybridized carbons (Fsp3) is 0.190. The number of carbonyl (C=O) groups is 2. The lowest BCUT2D eigenvalue weighted by Crippen LogP contribution is -2.28. The Morgan fingerprint density at radius 3 is 2.10 bits per heavy atom. The quantitative estimate of drug-likeness (QED) is 0.470. The number of carboxylic acids is 2.